The van der Waals surface area contributed by atoms with Gasteiger partial charge < -0.3 is 58.4 Å². The van der Waals surface area contributed by atoms with E-state index < -0.39 is 0 Å². The van der Waals surface area contributed by atoms with Crippen molar-refractivity contribution in [2.45, 2.75) is 12.8 Å². The van der Waals surface area contributed by atoms with Gasteiger partial charge in [0.05, 0.1) is 0 Å². The molecule has 0 aliphatic heterocycles. The molecular formula is C10H32Si2Zn2-8. The minimum absolute atomic E-state index is 0. The van der Waals surface area contributed by atoms with Crippen molar-refractivity contribution in [2.24, 2.45) is 0 Å². The Balaban J connectivity index is -0.000000001000. The Bertz CT molecular complexity index is 18.1. The third-order valence-electron chi connectivity index (χ3n) is 0.250. The van der Waals surface area contributed by atoms with Crippen LogP contribution in [0, 0.1) is 58.4 Å². The maximum atomic E-state index is 3.54. The predicted molar refractivity (Wildman–Crippen MR) is 78.3 cm³/mol. The first-order valence-electron chi connectivity index (χ1n) is 1.50. The van der Waals surface area contributed by atoms with E-state index in [9.17, 15) is 0 Å². The summed E-state index contributed by atoms with van der Waals surface area (Å²) in [6, 6.07) is 0. The van der Waals surface area contributed by atoms with Crippen molar-refractivity contribution in [3.05, 3.63) is 58.4 Å². The van der Waals surface area contributed by atoms with Gasteiger partial charge in [-0.1, -0.05) is 0 Å². The topological polar surface area (TPSA) is 0 Å². The maximum Gasteiger partial charge on any atom is 0 e. The SMILES string of the molecule is [CH2-]CC[CH2-].[CH3-].[CH3-].[CH3-].[CH3-].[CH3-].[CH3-].[SiH3].[SiH3].[Zn].[Zn]. The fraction of sp³-hybridized carbons (Fsp3) is 0.200. The molecule has 0 atom stereocenters. The fourth-order valence-electron chi connectivity index (χ4n) is 0. The van der Waals surface area contributed by atoms with Crippen LogP contribution in [0.25, 0.3) is 0 Å². The molecule has 0 N–H and O–H groups in total. The molecular weight excluding hydrogens is 307 g/mol. The molecule has 0 amide bonds. The van der Waals surface area contributed by atoms with Gasteiger partial charge in [-0.2, -0.15) is 0 Å². The second kappa shape index (κ2) is 203. The van der Waals surface area contributed by atoms with Crippen molar-refractivity contribution in [3.8, 4) is 0 Å². The standard InChI is InChI=1S/C4H8.6CH3.2H3Si.2Zn/c1-3-4-2;;;;;;;;;;/h1-4H2;8*1H3;;/q-2;6*-1;;;;. The molecule has 0 bridgehead atoms. The Hall–Kier alpha value is 1.68. The quantitative estimate of drug-likeness (QED) is 0.505. The molecule has 2 radical (unpaired) electrons. The Morgan fingerprint density at radius 1 is 0.500 bits per heavy atom. The molecule has 0 nitrogen and oxygen atoms in total. The maximum absolute atomic E-state index is 3.54. The normalized spacial score (nSPS) is 2.14. The molecule has 0 aromatic carbocycles. The summed E-state index contributed by atoms with van der Waals surface area (Å²) < 4.78 is 0. The van der Waals surface area contributed by atoms with Crippen LogP contribution in [0.1, 0.15) is 12.8 Å². The van der Waals surface area contributed by atoms with Crippen molar-refractivity contribution in [2.75, 3.05) is 0 Å². The van der Waals surface area contributed by atoms with E-state index in [1.807, 2.05) is 0 Å². The minimum atomic E-state index is 0. The first-order chi connectivity index (χ1) is 1.91. The van der Waals surface area contributed by atoms with Gasteiger partial charge in [0, 0.05) is 39.0 Å². The van der Waals surface area contributed by atoms with E-state index >= 15 is 0 Å². The third-order valence-corrected chi connectivity index (χ3v) is 0.250. The van der Waals surface area contributed by atoms with E-state index in [0.717, 1.165) is 12.8 Å². The van der Waals surface area contributed by atoms with Crippen LogP contribution in [-0.4, -0.2) is 21.9 Å². The van der Waals surface area contributed by atoms with Gasteiger partial charge >= 0.3 is 0 Å². The number of rotatable bonds is 1. The molecule has 14 heavy (non-hydrogen) atoms. The summed E-state index contributed by atoms with van der Waals surface area (Å²) in [5, 5.41) is 0. The van der Waals surface area contributed by atoms with Gasteiger partial charge in [-0.15, -0.1) is 0 Å². The molecule has 4 heteroatoms. The van der Waals surface area contributed by atoms with Crippen LogP contribution in [0.15, 0.2) is 0 Å². The molecule has 0 unspecified atom stereocenters. The van der Waals surface area contributed by atoms with E-state index in [4.69, 9.17) is 0 Å². The van der Waals surface area contributed by atoms with Crippen LogP contribution in [0.3, 0.4) is 0 Å². The zero-order chi connectivity index (χ0) is 3.41. The molecule has 0 rings (SSSR count). The largest absolute Gasteiger partial charge is 0.358 e. The van der Waals surface area contributed by atoms with Crippen LogP contribution < -0.4 is 0 Å². The van der Waals surface area contributed by atoms with E-state index in [2.05, 4.69) is 13.8 Å². The molecule has 0 aliphatic carbocycles. The molecule has 0 aromatic rings. The van der Waals surface area contributed by atoms with Crippen LogP contribution in [0.2, 0.25) is 0 Å². The van der Waals surface area contributed by atoms with Crippen LogP contribution in [-0.2, 0) is 39.0 Å². The second-order valence-electron chi connectivity index (χ2n) is 0.707. The van der Waals surface area contributed by atoms with Gasteiger partial charge in [-0.25, -0.2) is 12.8 Å². The van der Waals surface area contributed by atoms with Gasteiger partial charge in [0.1, 0.15) is 0 Å². The minimum Gasteiger partial charge on any atom is -0.358 e. The second-order valence-corrected chi connectivity index (χ2v) is 0.707. The van der Waals surface area contributed by atoms with Gasteiger partial charge in [0.25, 0.3) is 0 Å². The first-order valence-corrected chi connectivity index (χ1v) is 1.50. The average Bonchev–Trinajstić information content (AvgIpc) is 1.37. The predicted octanol–water partition coefficient (Wildman–Crippen LogP) is 1.76. The number of unbranched alkanes of at least 4 members (excludes halogenated alkanes) is 1. The summed E-state index contributed by atoms with van der Waals surface area (Å²) >= 11 is 0. The van der Waals surface area contributed by atoms with E-state index in [-0.39, 0.29) is 105 Å². The smallest absolute Gasteiger partial charge is 0 e. The molecule has 0 saturated carbocycles. The van der Waals surface area contributed by atoms with Crippen molar-refractivity contribution in [1.82, 2.24) is 0 Å². The summed E-state index contributed by atoms with van der Waals surface area (Å²) in [6.45, 7) is 7.08. The molecule has 0 spiro atoms. The first kappa shape index (κ1) is 154. The van der Waals surface area contributed by atoms with Gasteiger partial charge in [-0.3, -0.25) is 0 Å². The number of hydrogen-bond acceptors (Lipinski definition) is 0. The summed E-state index contributed by atoms with van der Waals surface area (Å²) in [4.78, 5) is 0. The van der Waals surface area contributed by atoms with E-state index in [1.54, 1.807) is 0 Å². The molecule has 0 saturated heterocycles. The van der Waals surface area contributed by atoms with Crippen molar-refractivity contribution in [3.63, 3.8) is 0 Å². The summed E-state index contributed by atoms with van der Waals surface area (Å²) in [6.07, 6.45) is 1.92. The van der Waals surface area contributed by atoms with Crippen molar-refractivity contribution >= 4 is 21.9 Å². The Kier molecular flexibility index (Phi) is 2230. The molecule has 0 aromatic heterocycles. The van der Waals surface area contributed by atoms with Crippen LogP contribution >= 0.6 is 0 Å². The van der Waals surface area contributed by atoms with Gasteiger partial charge in [-0.05, 0) is 21.9 Å². The Morgan fingerprint density at radius 2 is 0.571 bits per heavy atom. The fourth-order valence-corrected chi connectivity index (χ4v) is 0. The molecule has 0 aliphatic rings. The van der Waals surface area contributed by atoms with Crippen molar-refractivity contribution < 1.29 is 39.0 Å². The summed E-state index contributed by atoms with van der Waals surface area (Å²) in [7, 11) is 0. The van der Waals surface area contributed by atoms with Crippen LogP contribution in [0.5, 0.6) is 0 Å². The molecule has 0 fully saturated rings. The Labute approximate surface area is 131 Å². The monoisotopic (exact) mass is 336 g/mol. The molecule has 92 valence electrons. The summed E-state index contributed by atoms with van der Waals surface area (Å²) in [5.41, 5.74) is 0. The van der Waals surface area contributed by atoms with Gasteiger partial charge in [0.15, 0.2) is 0 Å². The van der Waals surface area contributed by atoms with Crippen LogP contribution in [0.4, 0.5) is 0 Å². The number of hydrogen-bond donors (Lipinski definition) is 0. The van der Waals surface area contributed by atoms with E-state index in [0.29, 0.717) is 0 Å². The average molecular weight is 339 g/mol. The van der Waals surface area contributed by atoms with E-state index in [1.165, 1.54) is 0 Å². The summed E-state index contributed by atoms with van der Waals surface area (Å²) in [5.74, 6) is 0. The van der Waals surface area contributed by atoms with Gasteiger partial charge in [0.2, 0.25) is 0 Å². The zero-order valence-electron chi connectivity index (χ0n) is 12.2. The molecule has 0 heterocycles. The van der Waals surface area contributed by atoms with Crippen molar-refractivity contribution in [1.29, 1.82) is 0 Å². The Morgan fingerprint density at radius 3 is 0.571 bits per heavy atom. The zero-order valence-corrected chi connectivity index (χ0v) is 22.2. The third kappa shape index (κ3) is 306.